The monoisotopic (exact) mass is 396 g/mol. The molecule has 1 saturated carbocycles. The van der Waals surface area contributed by atoms with E-state index in [1.54, 1.807) is 0 Å². The zero-order chi connectivity index (χ0) is 20.4. The fourth-order valence-electron chi connectivity index (χ4n) is 5.42. The highest BCUT2D eigenvalue weighted by Gasteiger charge is 2.30. The number of carbonyl (C=O) groups is 2. The lowest BCUT2D eigenvalue weighted by molar-refractivity contribution is -0.141. The number of amides is 1. The van der Waals surface area contributed by atoms with Crippen LogP contribution in [-0.2, 0) is 22.4 Å². The molecule has 4 rings (SSSR count). The molecule has 2 aliphatic rings. The van der Waals surface area contributed by atoms with E-state index in [9.17, 15) is 14.7 Å². The number of para-hydroxylation sites is 1. The van der Waals surface area contributed by atoms with Crippen molar-refractivity contribution in [1.29, 1.82) is 0 Å². The molecule has 29 heavy (non-hydrogen) atoms. The molecular weight excluding hydrogens is 364 g/mol. The third kappa shape index (κ3) is 4.05. The lowest BCUT2D eigenvalue weighted by Crippen LogP contribution is -2.39. The Labute approximate surface area is 172 Å². The van der Waals surface area contributed by atoms with Crippen LogP contribution in [0.15, 0.2) is 24.3 Å². The summed E-state index contributed by atoms with van der Waals surface area (Å²) in [6, 6.07) is 7.70. The number of nitrogens with one attached hydrogen (secondary N) is 1. The van der Waals surface area contributed by atoms with E-state index in [0.29, 0.717) is 12.8 Å². The zero-order valence-electron chi connectivity index (χ0n) is 17.3. The van der Waals surface area contributed by atoms with Crippen LogP contribution in [0.5, 0.6) is 0 Å². The lowest BCUT2D eigenvalue weighted by atomic mass is 9.91. The van der Waals surface area contributed by atoms with Crippen LogP contribution in [0.3, 0.4) is 0 Å². The third-order valence-electron chi connectivity index (χ3n) is 6.91. The SMILES string of the molecule is CCC(C(=O)O)n1c2c(c3ccccc31)CC(NC(=O)CCC1CCCC1)CC2. The first-order valence-electron chi connectivity index (χ1n) is 11.2. The van der Waals surface area contributed by atoms with Gasteiger partial charge in [0.2, 0.25) is 5.91 Å². The van der Waals surface area contributed by atoms with Gasteiger partial charge >= 0.3 is 5.97 Å². The fourth-order valence-corrected chi connectivity index (χ4v) is 5.42. The Morgan fingerprint density at radius 3 is 2.69 bits per heavy atom. The van der Waals surface area contributed by atoms with Crippen LogP contribution in [0.1, 0.15) is 75.6 Å². The minimum atomic E-state index is -0.779. The number of carboxylic acids is 1. The quantitative estimate of drug-likeness (QED) is 0.717. The molecule has 1 aromatic heterocycles. The van der Waals surface area contributed by atoms with Crippen molar-refractivity contribution >= 4 is 22.8 Å². The first-order chi connectivity index (χ1) is 14.1. The van der Waals surface area contributed by atoms with Gasteiger partial charge in [-0.3, -0.25) is 4.79 Å². The highest BCUT2D eigenvalue weighted by molar-refractivity contribution is 5.88. The summed E-state index contributed by atoms with van der Waals surface area (Å²) in [5, 5.41) is 14.1. The summed E-state index contributed by atoms with van der Waals surface area (Å²) in [4.78, 5) is 24.4. The smallest absolute Gasteiger partial charge is 0.326 e. The molecule has 1 aromatic carbocycles. The summed E-state index contributed by atoms with van der Waals surface area (Å²) in [7, 11) is 0. The molecule has 5 heteroatoms. The van der Waals surface area contributed by atoms with E-state index in [1.807, 2.05) is 29.7 Å². The van der Waals surface area contributed by atoms with E-state index in [1.165, 1.54) is 31.2 Å². The maximum absolute atomic E-state index is 12.5. The third-order valence-corrected chi connectivity index (χ3v) is 6.91. The van der Waals surface area contributed by atoms with Crippen LogP contribution in [0.2, 0.25) is 0 Å². The van der Waals surface area contributed by atoms with Gasteiger partial charge in [0.15, 0.2) is 0 Å². The Hall–Kier alpha value is -2.30. The Kier molecular flexibility index (Phi) is 5.93. The zero-order valence-corrected chi connectivity index (χ0v) is 17.3. The molecule has 156 valence electrons. The number of nitrogens with zero attached hydrogens (tertiary/aromatic N) is 1. The second kappa shape index (κ2) is 8.60. The largest absolute Gasteiger partial charge is 0.480 e. The Balaban J connectivity index is 1.51. The van der Waals surface area contributed by atoms with Gasteiger partial charge in [0, 0.05) is 29.1 Å². The van der Waals surface area contributed by atoms with Crippen LogP contribution in [0.25, 0.3) is 10.9 Å². The number of fused-ring (bicyclic) bond motifs is 3. The predicted octanol–water partition coefficient (Wildman–Crippen LogP) is 4.62. The van der Waals surface area contributed by atoms with Crippen molar-refractivity contribution in [2.75, 3.05) is 0 Å². The number of carbonyl (C=O) groups excluding carboxylic acids is 1. The van der Waals surface area contributed by atoms with Crippen molar-refractivity contribution in [3.05, 3.63) is 35.5 Å². The molecule has 2 unspecified atom stereocenters. The minimum absolute atomic E-state index is 0.141. The first-order valence-corrected chi connectivity index (χ1v) is 11.2. The van der Waals surface area contributed by atoms with Gasteiger partial charge < -0.3 is 15.0 Å². The number of aromatic nitrogens is 1. The van der Waals surface area contributed by atoms with Crippen molar-refractivity contribution in [2.24, 2.45) is 5.92 Å². The van der Waals surface area contributed by atoms with Gasteiger partial charge in [-0.1, -0.05) is 50.8 Å². The molecule has 0 spiro atoms. The van der Waals surface area contributed by atoms with E-state index in [0.717, 1.165) is 48.2 Å². The number of hydrogen-bond acceptors (Lipinski definition) is 2. The molecule has 2 N–H and O–H groups in total. The maximum Gasteiger partial charge on any atom is 0.326 e. The van der Waals surface area contributed by atoms with Crippen molar-refractivity contribution in [3.8, 4) is 0 Å². The maximum atomic E-state index is 12.5. The molecule has 2 atom stereocenters. The predicted molar refractivity (Wildman–Crippen MR) is 114 cm³/mol. The van der Waals surface area contributed by atoms with Gasteiger partial charge in [0.25, 0.3) is 0 Å². The minimum Gasteiger partial charge on any atom is -0.480 e. The number of aliphatic carboxylic acids is 1. The Bertz CT molecular complexity index is 895. The number of benzene rings is 1. The van der Waals surface area contributed by atoms with E-state index < -0.39 is 12.0 Å². The summed E-state index contributed by atoms with van der Waals surface area (Å²) in [5.74, 6) is 0.128. The molecule has 0 bridgehead atoms. The van der Waals surface area contributed by atoms with Crippen LogP contribution < -0.4 is 5.32 Å². The molecule has 2 aliphatic carbocycles. The summed E-state index contributed by atoms with van der Waals surface area (Å²) in [5.41, 5.74) is 3.35. The highest BCUT2D eigenvalue weighted by atomic mass is 16.4. The second-order valence-corrected chi connectivity index (χ2v) is 8.77. The van der Waals surface area contributed by atoms with Crippen molar-refractivity contribution < 1.29 is 14.7 Å². The topological polar surface area (TPSA) is 71.3 Å². The van der Waals surface area contributed by atoms with Gasteiger partial charge in [-0.05, 0) is 49.7 Å². The molecular formula is C24H32N2O3. The molecule has 1 heterocycles. The first kappa shape index (κ1) is 20.0. The van der Waals surface area contributed by atoms with Crippen molar-refractivity contribution in [1.82, 2.24) is 9.88 Å². The molecule has 5 nitrogen and oxygen atoms in total. The average molecular weight is 397 g/mol. The van der Waals surface area contributed by atoms with Crippen LogP contribution >= 0.6 is 0 Å². The number of rotatable bonds is 7. The Morgan fingerprint density at radius 2 is 1.97 bits per heavy atom. The van der Waals surface area contributed by atoms with Crippen LogP contribution in [0.4, 0.5) is 0 Å². The summed E-state index contributed by atoms with van der Waals surface area (Å²) < 4.78 is 2.03. The number of hydrogen-bond donors (Lipinski definition) is 2. The van der Waals surface area contributed by atoms with Crippen molar-refractivity contribution in [3.63, 3.8) is 0 Å². The summed E-state index contributed by atoms with van der Waals surface area (Å²) in [6.45, 7) is 1.93. The summed E-state index contributed by atoms with van der Waals surface area (Å²) >= 11 is 0. The van der Waals surface area contributed by atoms with Crippen LogP contribution in [-0.4, -0.2) is 27.6 Å². The van der Waals surface area contributed by atoms with Crippen molar-refractivity contribution in [2.45, 2.75) is 83.2 Å². The van der Waals surface area contributed by atoms with E-state index >= 15 is 0 Å². The molecule has 0 saturated heterocycles. The fraction of sp³-hybridized carbons (Fsp3) is 0.583. The van der Waals surface area contributed by atoms with Gasteiger partial charge in [0.05, 0.1) is 0 Å². The Morgan fingerprint density at radius 1 is 1.21 bits per heavy atom. The van der Waals surface area contributed by atoms with E-state index in [-0.39, 0.29) is 11.9 Å². The summed E-state index contributed by atoms with van der Waals surface area (Å²) in [6.07, 6.45) is 9.86. The molecule has 0 aliphatic heterocycles. The van der Waals surface area contributed by atoms with Gasteiger partial charge in [0.1, 0.15) is 6.04 Å². The average Bonchev–Trinajstić information content (AvgIpc) is 3.34. The van der Waals surface area contributed by atoms with E-state index in [2.05, 4.69) is 11.4 Å². The molecule has 1 fully saturated rings. The van der Waals surface area contributed by atoms with Crippen LogP contribution in [0, 0.1) is 5.92 Å². The molecule has 2 aromatic rings. The van der Waals surface area contributed by atoms with E-state index in [4.69, 9.17) is 0 Å². The highest BCUT2D eigenvalue weighted by Crippen LogP contribution is 2.35. The van der Waals surface area contributed by atoms with Gasteiger partial charge in [-0.15, -0.1) is 0 Å². The lowest BCUT2D eigenvalue weighted by Gasteiger charge is -2.26. The van der Waals surface area contributed by atoms with Gasteiger partial charge in [-0.25, -0.2) is 4.79 Å². The normalized spacial score (nSPS) is 20.5. The molecule has 1 amide bonds. The van der Waals surface area contributed by atoms with Gasteiger partial charge in [-0.2, -0.15) is 0 Å². The number of carboxylic acid groups (broad SMARTS) is 1. The second-order valence-electron chi connectivity index (χ2n) is 8.77. The molecule has 0 radical (unpaired) electrons. The standard InChI is InChI=1S/C24H32N2O3/c1-2-20(24(28)29)26-21-10-6-5-9-18(21)19-15-17(12-13-22(19)26)25-23(27)14-11-16-7-3-4-8-16/h5-6,9-10,16-17,20H,2-4,7-8,11-15H2,1H3,(H,25,27)(H,28,29).